The van der Waals surface area contributed by atoms with Crippen LogP contribution in [0.2, 0.25) is 0 Å². The number of nitrogens with one attached hydrogen (secondary N) is 2. The molecule has 0 saturated carbocycles. The average molecular weight is 272 g/mol. The van der Waals surface area contributed by atoms with Crippen LogP contribution in [0.5, 0.6) is 0 Å². The highest BCUT2D eigenvalue weighted by Gasteiger charge is 2.08. The Labute approximate surface area is 121 Å². The van der Waals surface area contributed by atoms with Gasteiger partial charge in [0.2, 0.25) is 0 Å². The van der Waals surface area contributed by atoms with Crippen LogP contribution < -0.4 is 5.32 Å². The maximum Gasteiger partial charge on any atom is 0.107 e. The molecule has 1 aromatic heterocycles. The lowest BCUT2D eigenvalue weighted by atomic mass is 10.1. The van der Waals surface area contributed by atoms with Gasteiger partial charge in [-0.15, -0.1) is 0 Å². The standard InChI is InChI=1S/C12H12N4.2C2H6/c1-8-5-13-6-16-12(8)9-2-3-10-11(4-9)15-7-14-10;2*1-2/h2-5,7,16H,6H2,1H3,(H,14,15);2*1-2H3. The molecule has 108 valence electrons. The second kappa shape index (κ2) is 8.15. The van der Waals surface area contributed by atoms with Crippen LogP contribution in [0.25, 0.3) is 16.7 Å². The number of aliphatic imine (C=N–C) groups is 1. The summed E-state index contributed by atoms with van der Waals surface area (Å²) in [6, 6.07) is 6.20. The van der Waals surface area contributed by atoms with Gasteiger partial charge in [-0.2, -0.15) is 0 Å². The number of benzene rings is 1. The molecule has 0 amide bonds. The third-order valence-corrected chi connectivity index (χ3v) is 2.74. The molecule has 0 spiro atoms. The highest BCUT2D eigenvalue weighted by molar-refractivity contribution is 5.92. The van der Waals surface area contributed by atoms with E-state index >= 15 is 0 Å². The molecule has 20 heavy (non-hydrogen) atoms. The average Bonchev–Trinajstić information content (AvgIpc) is 2.99. The predicted molar refractivity (Wildman–Crippen MR) is 87.9 cm³/mol. The number of fused-ring (bicyclic) bond motifs is 1. The third kappa shape index (κ3) is 3.47. The van der Waals surface area contributed by atoms with E-state index in [2.05, 4.69) is 39.3 Å². The molecule has 0 atom stereocenters. The van der Waals surface area contributed by atoms with E-state index in [1.807, 2.05) is 40.0 Å². The number of H-pyrrole nitrogens is 1. The van der Waals surface area contributed by atoms with Gasteiger partial charge in [-0.1, -0.05) is 33.8 Å². The molecule has 0 fully saturated rings. The third-order valence-electron chi connectivity index (χ3n) is 2.74. The summed E-state index contributed by atoms with van der Waals surface area (Å²) in [5.41, 5.74) is 5.52. The fourth-order valence-electron chi connectivity index (χ4n) is 1.93. The Morgan fingerprint density at radius 2 is 1.85 bits per heavy atom. The van der Waals surface area contributed by atoms with Gasteiger partial charge in [-0.05, 0) is 24.6 Å². The van der Waals surface area contributed by atoms with E-state index in [1.54, 1.807) is 6.33 Å². The molecule has 2 N–H and O–H groups in total. The zero-order chi connectivity index (χ0) is 15.0. The van der Waals surface area contributed by atoms with Crippen molar-refractivity contribution in [3.05, 3.63) is 35.7 Å². The van der Waals surface area contributed by atoms with Gasteiger partial charge >= 0.3 is 0 Å². The van der Waals surface area contributed by atoms with E-state index in [-0.39, 0.29) is 0 Å². The van der Waals surface area contributed by atoms with E-state index in [9.17, 15) is 0 Å². The molecule has 4 heteroatoms. The maximum absolute atomic E-state index is 4.21. The van der Waals surface area contributed by atoms with Crippen molar-refractivity contribution in [2.24, 2.45) is 4.99 Å². The van der Waals surface area contributed by atoms with E-state index in [4.69, 9.17) is 0 Å². The van der Waals surface area contributed by atoms with Crippen LogP contribution in [0.15, 0.2) is 35.1 Å². The summed E-state index contributed by atoms with van der Waals surface area (Å²) in [4.78, 5) is 11.5. The molecule has 0 bridgehead atoms. The number of aromatic amines is 1. The van der Waals surface area contributed by atoms with Crippen LogP contribution in [0.4, 0.5) is 0 Å². The lowest BCUT2D eigenvalue weighted by Gasteiger charge is -2.15. The van der Waals surface area contributed by atoms with E-state index in [0.29, 0.717) is 6.67 Å². The van der Waals surface area contributed by atoms with Crippen molar-refractivity contribution < 1.29 is 0 Å². The van der Waals surface area contributed by atoms with Crippen LogP contribution in [0.1, 0.15) is 40.2 Å². The van der Waals surface area contributed by atoms with Gasteiger partial charge in [0.15, 0.2) is 0 Å². The van der Waals surface area contributed by atoms with Crippen molar-refractivity contribution in [1.29, 1.82) is 0 Å². The molecule has 4 nitrogen and oxygen atoms in total. The van der Waals surface area contributed by atoms with Gasteiger partial charge in [0.1, 0.15) is 6.67 Å². The lowest BCUT2D eigenvalue weighted by Crippen LogP contribution is -2.18. The van der Waals surface area contributed by atoms with Gasteiger partial charge in [0, 0.05) is 17.5 Å². The first-order valence-corrected chi connectivity index (χ1v) is 7.23. The predicted octanol–water partition coefficient (Wildman–Crippen LogP) is 3.98. The number of aromatic nitrogens is 2. The number of rotatable bonds is 1. The normalized spacial score (nSPS) is 13.1. The minimum atomic E-state index is 0.647. The summed E-state index contributed by atoms with van der Waals surface area (Å²) in [6.07, 6.45) is 3.62. The summed E-state index contributed by atoms with van der Waals surface area (Å²) >= 11 is 0. The Morgan fingerprint density at radius 1 is 1.10 bits per heavy atom. The van der Waals surface area contributed by atoms with Crippen molar-refractivity contribution in [3.8, 4) is 0 Å². The number of imidazole rings is 1. The molecule has 1 aliphatic heterocycles. The molecule has 0 aliphatic carbocycles. The Kier molecular flexibility index (Phi) is 6.50. The van der Waals surface area contributed by atoms with Gasteiger partial charge in [0.25, 0.3) is 0 Å². The first-order chi connectivity index (χ1) is 9.84. The highest BCUT2D eigenvalue weighted by atomic mass is 15.0. The molecule has 1 aromatic carbocycles. The van der Waals surface area contributed by atoms with Gasteiger partial charge in [0.05, 0.1) is 17.4 Å². The first-order valence-electron chi connectivity index (χ1n) is 7.23. The molecule has 2 aromatic rings. The molecular weight excluding hydrogens is 248 g/mol. The summed E-state index contributed by atoms with van der Waals surface area (Å²) in [7, 11) is 0. The minimum absolute atomic E-state index is 0.647. The fourth-order valence-corrected chi connectivity index (χ4v) is 1.93. The quantitative estimate of drug-likeness (QED) is 0.825. The SMILES string of the molecule is CC.CC.CC1=C(c2ccc3nc[nH]c3c2)NCN=C1. The van der Waals surface area contributed by atoms with E-state index in [1.165, 1.54) is 5.56 Å². The van der Waals surface area contributed by atoms with Crippen LogP contribution in [-0.4, -0.2) is 22.9 Å². The zero-order valence-corrected chi connectivity index (χ0v) is 13.0. The Balaban J connectivity index is 0.000000461. The second-order valence-corrected chi connectivity index (χ2v) is 3.84. The Bertz CT molecular complexity index is 593. The fraction of sp³-hybridized carbons (Fsp3) is 0.375. The number of hydrogen-bond donors (Lipinski definition) is 2. The molecule has 2 heterocycles. The van der Waals surface area contributed by atoms with Crippen molar-refractivity contribution >= 4 is 22.9 Å². The lowest BCUT2D eigenvalue weighted by molar-refractivity contribution is 0.890. The van der Waals surface area contributed by atoms with Crippen molar-refractivity contribution in [2.75, 3.05) is 6.67 Å². The van der Waals surface area contributed by atoms with Crippen molar-refractivity contribution in [2.45, 2.75) is 34.6 Å². The second-order valence-electron chi connectivity index (χ2n) is 3.84. The smallest absolute Gasteiger partial charge is 0.107 e. The molecule has 3 rings (SSSR count). The van der Waals surface area contributed by atoms with Gasteiger partial charge < -0.3 is 10.3 Å². The monoisotopic (exact) mass is 272 g/mol. The van der Waals surface area contributed by atoms with Crippen molar-refractivity contribution in [3.63, 3.8) is 0 Å². The maximum atomic E-state index is 4.21. The Hall–Kier alpha value is -2.10. The number of hydrogen-bond acceptors (Lipinski definition) is 3. The van der Waals surface area contributed by atoms with Crippen LogP contribution >= 0.6 is 0 Å². The summed E-state index contributed by atoms with van der Waals surface area (Å²) in [6.45, 7) is 10.7. The largest absolute Gasteiger partial charge is 0.366 e. The molecule has 0 unspecified atom stereocenters. The van der Waals surface area contributed by atoms with Crippen LogP contribution in [-0.2, 0) is 0 Å². The number of allylic oxidation sites excluding steroid dienone is 1. The Morgan fingerprint density at radius 3 is 2.55 bits per heavy atom. The van der Waals surface area contributed by atoms with Crippen molar-refractivity contribution in [1.82, 2.24) is 15.3 Å². The minimum Gasteiger partial charge on any atom is -0.366 e. The summed E-state index contributed by atoms with van der Waals surface area (Å²) in [5, 5.41) is 3.29. The van der Waals surface area contributed by atoms with E-state index < -0.39 is 0 Å². The summed E-state index contributed by atoms with van der Waals surface area (Å²) in [5.74, 6) is 0. The highest BCUT2D eigenvalue weighted by Crippen LogP contribution is 2.20. The van der Waals surface area contributed by atoms with Crippen LogP contribution in [0, 0.1) is 0 Å². The van der Waals surface area contributed by atoms with Gasteiger partial charge in [-0.25, -0.2) is 4.98 Å². The van der Waals surface area contributed by atoms with Crippen LogP contribution in [0.3, 0.4) is 0 Å². The molecular formula is C16H24N4. The van der Waals surface area contributed by atoms with Gasteiger partial charge in [-0.3, -0.25) is 4.99 Å². The first kappa shape index (κ1) is 16.0. The molecule has 1 aliphatic rings. The topological polar surface area (TPSA) is 53.1 Å². The molecule has 0 radical (unpaired) electrons. The number of nitrogens with zero attached hydrogens (tertiary/aromatic N) is 2. The summed E-state index contributed by atoms with van der Waals surface area (Å²) < 4.78 is 0. The zero-order valence-electron chi connectivity index (χ0n) is 13.0. The molecule has 0 saturated heterocycles. The van der Waals surface area contributed by atoms with E-state index in [0.717, 1.165) is 22.3 Å².